The van der Waals surface area contributed by atoms with Crippen molar-refractivity contribution in [3.8, 4) is 6.07 Å². The molecule has 1 saturated heterocycles. The molecule has 0 unspecified atom stereocenters. The zero-order valence-electron chi connectivity index (χ0n) is 20.2. The summed E-state index contributed by atoms with van der Waals surface area (Å²) in [6, 6.07) is 10.4. The Bertz CT molecular complexity index is 1140. The van der Waals surface area contributed by atoms with E-state index >= 15 is 0 Å². The molecular weight excluding hydrogens is 428 g/mol. The number of allylic oxidation sites excluding steroid dienone is 2. The van der Waals surface area contributed by atoms with Crippen LogP contribution in [-0.4, -0.2) is 30.1 Å². The molecule has 0 atom stereocenters. The summed E-state index contributed by atoms with van der Waals surface area (Å²) in [5.41, 5.74) is 6.45. The number of Topliss-reactive ketones (excluding diaryl/α,β-unsaturated/α-hetero) is 1. The zero-order chi connectivity index (χ0) is 24.8. The highest BCUT2D eigenvalue weighted by Gasteiger charge is 2.31. The number of benzene rings is 1. The number of aromatic amines is 1. The summed E-state index contributed by atoms with van der Waals surface area (Å²) in [7, 11) is 0. The van der Waals surface area contributed by atoms with Gasteiger partial charge in [0.2, 0.25) is 0 Å². The summed E-state index contributed by atoms with van der Waals surface area (Å²) in [4.78, 5) is 32.2. The first-order valence-electron chi connectivity index (χ1n) is 11.7. The molecule has 0 saturated carbocycles. The Balaban J connectivity index is 0.00000103. The molecule has 1 N–H and O–H groups in total. The number of aromatic nitrogens is 1. The lowest BCUT2D eigenvalue weighted by molar-refractivity contribution is -0.191. The van der Waals surface area contributed by atoms with Gasteiger partial charge in [-0.25, -0.2) is 0 Å². The Hall–Kier alpha value is -3.26. The van der Waals surface area contributed by atoms with Gasteiger partial charge in [-0.1, -0.05) is 45.0 Å². The fourth-order valence-corrected chi connectivity index (χ4v) is 4.72. The SMILES string of the molecule is CC1(C)CC=C(c2cc(C3(C)CCOCC3)ccc2CC(=O)c2cc(C#N)c[nH]2)CC1.O=C=O. The second-order valence-corrected chi connectivity index (χ2v) is 10.2. The first-order valence-corrected chi connectivity index (χ1v) is 11.7. The molecule has 1 aliphatic carbocycles. The summed E-state index contributed by atoms with van der Waals surface area (Å²) in [5, 5.41) is 9.06. The van der Waals surface area contributed by atoms with Crippen LogP contribution in [0.25, 0.3) is 5.57 Å². The number of H-pyrrole nitrogens is 1. The van der Waals surface area contributed by atoms with Crippen molar-refractivity contribution in [2.75, 3.05) is 13.2 Å². The molecule has 6 nitrogen and oxygen atoms in total. The Morgan fingerprint density at radius 2 is 1.82 bits per heavy atom. The van der Waals surface area contributed by atoms with Crippen LogP contribution in [0.4, 0.5) is 0 Å². The summed E-state index contributed by atoms with van der Waals surface area (Å²) in [6.45, 7) is 8.58. The zero-order valence-corrected chi connectivity index (χ0v) is 20.2. The van der Waals surface area contributed by atoms with E-state index in [2.05, 4.69) is 56.1 Å². The maximum Gasteiger partial charge on any atom is 0.373 e. The number of hydrogen-bond acceptors (Lipinski definition) is 5. The van der Waals surface area contributed by atoms with Gasteiger partial charge < -0.3 is 9.72 Å². The van der Waals surface area contributed by atoms with Crippen LogP contribution < -0.4 is 0 Å². The minimum atomic E-state index is 0.0181. The standard InChI is InChI=1S/C27H32N2O2.CO2/c1-26(2)8-6-20(7-9-26)23-16-22(27(3)10-12-31-13-11-27)5-4-21(23)15-25(30)24-14-19(17-28)18-29-24;2-1-3/h4-6,14,16,18,29H,7-13,15H2,1-3H3;. The van der Waals surface area contributed by atoms with Gasteiger partial charge >= 0.3 is 6.15 Å². The van der Waals surface area contributed by atoms with Gasteiger partial charge in [-0.15, -0.1) is 0 Å². The lowest BCUT2D eigenvalue weighted by Crippen LogP contribution is -2.30. The number of rotatable bonds is 5. The number of ether oxygens (including phenoxy) is 1. The molecule has 2 aliphatic rings. The molecule has 178 valence electrons. The van der Waals surface area contributed by atoms with Crippen molar-refractivity contribution in [3.05, 3.63) is 64.5 Å². The summed E-state index contributed by atoms with van der Waals surface area (Å²) in [5.74, 6) is 0.0181. The van der Waals surface area contributed by atoms with Crippen molar-refractivity contribution in [1.82, 2.24) is 4.98 Å². The van der Waals surface area contributed by atoms with Crippen molar-refractivity contribution in [2.45, 2.75) is 64.7 Å². The minimum Gasteiger partial charge on any atom is -0.381 e. The summed E-state index contributed by atoms with van der Waals surface area (Å²) >= 11 is 0. The van der Waals surface area contributed by atoms with E-state index < -0.39 is 0 Å². The molecule has 0 bridgehead atoms. The number of ketones is 1. The molecule has 0 radical (unpaired) electrons. The number of nitrogens with one attached hydrogen (secondary N) is 1. The van der Waals surface area contributed by atoms with Crippen LogP contribution in [0.5, 0.6) is 0 Å². The van der Waals surface area contributed by atoms with E-state index in [4.69, 9.17) is 19.6 Å². The largest absolute Gasteiger partial charge is 0.381 e. The van der Waals surface area contributed by atoms with Crippen LogP contribution >= 0.6 is 0 Å². The predicted octanol–water partition coefficient (Wildman–Crippen LogP) is 5.39. The number of nitriles is 1. The highest BCUT2D eigenvalue weighted by Crippen LogP contribution is 2.41. The third kappa shape index (κ3) is 5.99. The Kier molecular flexibility index (Phi) is 8.04. The predicted molar refractivity (Wildman–Crippen MR) is 128 cm³/mol. The number of carbonyl (C=O) groups is 1. The third-order valence-electron chi connectivity index (χ3n) is 7.18. The molecule has 2 aromatic rings. The molecule has 1 aromatic carbocycles. The smallest absolute Gasteiger partial charge is 0.373 e. The normalized spacial score (nSPS) is 18.5. The molecular formula is C28H32N2O4. The highest BCUT2D eigenvalue weighted by atomic mass is 16.5. The summed E-state index contributed by atoms with van der Waals surface area (Å²) < 4.78 is 5.61. The third-order valence-corrected chi connectivity index (χ3v) is 7.18. The fraction of sp³-hybridized carbons (Fsp3) is 0.464. The molecule has 6 heteroatoms. The maximum absolute atomic E-state index is 13.0. The summed E-state index contributed by atoms with van der Waals surface area (Å²) in [6.07, 6.45) is 9.86. The molecule has 2 heterocycles. The van der Waals surface area contributed by atoms with Crippen LogP contribution in [0.1, 0.15) is 85.6 Å². The van der Waals surface area contributed by atoms with E-state index in [1.165, 1.54) is 16.7 Å². The number of nitrogens with zero attached hydrogens (tertiary/aromatic N) is 1. The van der Waals surface area contributed by atoms with E-state index in [0.29, 0.717) is 23.1 Å². The van der Waals surface area contributed by atoms with E-state index in [9.17, 15) is 4.79 Å². The van der Waals surface area contributed by atoms with Gasteiger partial charge in [0, 0.05) is 25.8 Å². The first kappa shape index (κ1) is 25.4. The van der Waals surface area contributed by atoms with Gasteiger partial charge in [-0.3, -0.25) is 4.79 Å². The molecule has 34 heavy (non-hydrogen) atoms. The second-order valence-electron chi connectivity index (χ2n) is 10.2. The van der Waals surface area contributed by atoms with Gasteiger partial charge in [0.05, 0.1) is 11.3 Å². The van der Waals surface area contributed by atoms with Gasteiger partial charge in [0.1, 0.15) is 6.07 Å². The van der Waals surface area contributed by atoms with Gasteiger partial charge in [-0.05, 0) is 71.3 Å². The molecule has 0 amide bonds. The average molecular weight is 461 g/mol. The monoisotopic (exact) mass is 460 g/mol. The first-order chi connectivity index (χ1) is 16.2. The van der Waals surface area contributed by atoms with Crippen molar-refractivity contribution >= 4 is 17.5 Å². The van der Waals surface area contributed by atoms with E-state index in [-0.39, 0.29) is 17.3 Å². The molecule has 1 aromatic heterocycles. The highest BCUT2D eigenvalue weighted by molar-refractivity contribution is 5.97. The van der Waals surface area contributed by atoms with E-state index in [1.54, 1.807) is 12.3 Å². The van der Waals surface area contributed by atoms with Gasteiger partial charge in [-0.2, -0.15) is 14.9 Å². The quantitative estimate of drug-likeness (QED) is 0.603. The second kappa shape index (κ2) is 10.8. The van der Waals surface area contributed by atoms with Crippen LogP contribution in [0.15, 0.2) is 36.5 Å². The van der Waals surface area contributed by atoms with Gasteiger partial charge in [0.25, 0.3) is 0 Å². The topological polar surface area (TPSA) is 100 Å². The molecule has 1 aliphatic heterocycles. The maximum atomic E-state index is 13.0. The van der Waals surface area contributed by atoms with E-state index in [0.717, 1.165) is 50.9 Å². The van der Waals surface area contributed by atoms with Crippen LogP contribution in [-0.2, 0) is 26.2 Å². The Morgan fingerprint density at radius 3 is 2.41 bits per heavy atom. The lowest BCUT2D eigenvalue weighted by atomic mass is 9.73. The molecule has 0 spiro atoms. The van der Waals surface area contributed by atoms with Crippen LogP contribution in [0.2, 0.25) is 0 Å². The van der Waals surface area contributed by atoms with E-state index in [1.807, 2.05) is 0 Å². The molecule has 1 fully saturated rings. The number of carbonyl (C=O) groups excluding carboxylic acids is 3. The van der Waals surface area contributed by atoms with Crippen molar-refractivity contribution in [1.29, 1.82) is 5.26 Å². The number of hydrogen-bond donors (Lipinski definition) is 1. The van der Waals surface area contributed by atoms with Gasteiger partial charge in [0.15, 0.2) is 5.78 Å². The Morgan fingerprint density at radius 1 is 1.12 bits per heavy atom. The molecule has 4 rings (SSSR count). The fourth-order valence-electron chi connectivity index (χ4n) is 4.72. The van der Waals surface area contributed by atoms with Crippen molar-refractivity contribution < 1.29 is 19.1 Å². The Labute approximate surface area is 201 Å². The average Bonchev–Trinajstić information content (AvgIpc) is 3.30. The van der Waals surface area contributed by atoms with Crippen LogP contribution in [0.3, 0.4) is 0 Å². The van der Waals surface area contributed by atoms with Crippen molar-refractivity contribution in [2.24, 2.45) is 5.41 Å². The lowest BCUT2D eigenvalue weighted by Gasteiger charge is -2.35. The van der Waals surface area contributed by atoms with Crippen molar-refractivity contribution in [3.63, 3.8) is 0 Å². The minimum absolute atomic E-state index is 0.0181. The van der Waals surface area contributed by atoms with Crippen LogP contribution in [0, 0.1) is 16.7 Å².